The maximum absolute atomic E-state index is 12.9. The Balaban J connectivity index is 1.29. The van der Waals surface area contributed by atoms with Gasteiger partial charge in [0.15, 0.2) is 10.9 Å². The molecule has 10 heteroatoms. The largest absolute Gasteiger partial charge is 0.355 e. The number of nitrogens with zero attached hydrogens (tertiary/aromatic N) is 5. The van der Waals surface area contributed by atoms with E-state index in [1.165, 1.54) is 22.6 Å². The minimum Gasteiger partial charge on any atom is -0.355 e. The number of rotatable bonds is 4. The van der Waals surface area contributed by atoms with Gasteiger partial charge in [-0.05, 0) is 25.0 Å². The Morgan fingerprint density at radius 2 is 2.13 bits per heavy atom. The van der Waals surface area contributed by atoms with Crippen LogP contribution in [-0.4, -0.2) is 51.7 Å². The molecule has 0 aromatic carbocycles. The monoisotopic (exact) mass is 424 g/mol. The van der Waals surface area contributed by atoms with Crippen molar-refractivity contribution in [2.75, 3.05) is 34.8 Å². The van der Waals surface area contributed by atoms with E-state index in [4.69, 9.17) is 5.73 Å². The predicted octanol–water partition coefficient (Wildman–Crippen LogP) is 2.00. The summed E-state index contributed by atoms with van der Waals surface area (Å²) in [4.78, 5) is 26.4. The molecule has 9 nitrogen and oxygen atoms in total. The standard InChI is InChI=1S/C20H24N8OS/c21-14-3-7-27(8-4-14)18-16(2-1-6-22-18)24-19(29)17-12-30-20(25-17)28-9-5-15-13(11-28)10-23-26-15/h1-2,6,10,12,14H,3-5,7-9,11,21H2,(H,23,26)(H,24,29). The van der Waals surface area contributed by atoms with Gasteiger partial charge < -0.3 is 20.9 Å². The predicted molar refractivity (Wildman–Crippen MR) is 117 cm³/mol. The van der Waals surface area contributed by atoms with Gasteiger partial charge in [0.1, 0.15) is 5.69 Å². The number of aromatic nitrogens is 4. The Kier molecular flexibility index (Phi) is 5.09. The summed E-state index contributed by atoms with van der Waals surface area (Å²) >= 11 is 1.49. The normalized spacial score (nSPS) is 17.1. The molecular formula is C20H24N8OS. The zero-order chi connectivity index (χ0) is 20.5. The van der Waals surface area contributed by atoms with Crippen LogP contribution in [0.3, 0.4) is 0 Å². The van der Waals surface area contributed by atoms with Gasteiger partial charge in [-0.15, -0.1) is 11.3 Å². The summed E-state index contributed by atoms with van der Waals surface area (Å²) in [6.07, 6.45) is 6.36. The van der Waals surface area contributed by atoms with Crippen LogP contribution < -0.4 is 20.9 Å². The van der Waals surface area contributed by atoms with Crippen LogP contribution in [0.1, 0.15) is 34.6 Å². The van der Waals surface area contributed by atoms with E-state index in [0.717, 1.165) is 56.4 Å². The quantitative estimate of drug-likeness (QED) is 0.587. The molecule has 156 valence electrons. The highest BCUT2D eigenvalue weighted by atomic mass is 32.1. The van der Waals surface area contributed by atoms with Crippen LogP contribution in [0.25, 0.3) is 0 Å². The zero-order valence-corrected chi connectivity index (χ0v) is 17.4. The second-order valence-corrected chi connectivity index (χ2v) is 8.55. The fourth-order valence-electron chi connectivity index (χ4n) is 3.94. The third-order valence-electron chi connectivity index (χ3n) is 5.67. The van der Waals surface area contributed by atoms with Crippen LogP contribution in [0.4, 0.5) is 16.6 Å². The molecule has 3 aromatic rings. The van der Waals surface area contributed by atoms with Crippen molar-refractivity contribution < 1.29 is 4.79 Å². The minimum absolute atomic E-state index is 0.221. The number of hydrogen-bond acceptors (Lipinski definition) is 8. The molecule has 1 fully saturated rings. The number of nitrogens with two attached hydrogens (primary N) is 1. The fraction of sp³-hybridized carbons (Fsp3) is 0.400. The lowest BCUT2D eigenvalue weighted by Gasteiger charge is -2.32. The van der Waals surface area contributed by atoms with Gasteiger partial charge in [0, 0.05) is 61.5 Å². The number of amides is 1. The maximum atomic E-state index is 12.9. The van der Waals surface area contributed by atoms with Crippen molar-refractivity contribution in [3.05, 3.63) is 46.9 Å². The van der Waals surface area contributed by atoms with Crippen LogP contribution in [0.15, 0.2) is 29.9 Å². The number of piperidine rings is 1. The number of aromatic amines is 1. The Morgan fingerprint density at radius 3 is 3.00 bits per heavy atom. The number of carbonyl (C=O) groups excluding carboxylic acids is 1. The lowest BCUT2D eigenvalue weighted by atomic mass is 10.1. The summed E-state index contributed by atoms with van der Waals surface area (Å²) < 4.78 is 0. The molecule has 1 saturated heterocycles. The maximum Gasteiger partial charge on any atom is 0.275 e. The van der Waals surface area contributed by atoms with Gasteiger partial charge in [-0.3, -0.25) is 9.89 Å². The van der Waals surface area contributed by atoms with Crippen molar-refractivity contribution in [2.45, 2.75) is 31.8 Å². The number of carbonyl (C=O) groups is 1. The summed E-state index contributed by atoms with van der Waals surface area (Å²) in [5.74, 6) is 0.568. The molecule has 0 unspecified atom stereocenters. The topological polar surface area (TPSA) is 116 Å². The first-order valence-electron chi connectivity index (χ1n) is 10.2. The minimum atomic E-state index is -0.221. The van der Waals surface area contributed by atoms with E-state index in [9.17, 15) is 4.79 Å². The van der Waals surface area contributed by atoms with Gasteiger partial charge >= 0.3 is 0 Å². The molecule has 0 bridgehead atoms. The molecule has 0 atom stereocenters. The van der Waals surface area contributed by atoms with Gasteiger partial charge in [-0.2, -0.15) is 5.10 Å². The van der Waals surface area contributed by atoms with Gasteiger partial charge in [0.05, 0.1) is 11.9 Å². The average Bonchev–Trinajstić information content (AvgIpc) is 3.44. The summed E-state index contributed by atoms with van der Waals surface area (Å²) in [6, 6.07) is 3.95. The average molecular weight is 425 g/mol. The second-order valence-electron chi connectivity index (χ2n) is 7.71. The first kappa shape index (κ1) is 19.0. The molecule has 5 heterocycles. The SMILES string of the molecule is NC1CCN(c2ncccc2NC(=O)c2csc(N3CCc4[nH]ncc4C3)n2)CC1. The van der Waals surface area contributed by atoms with E-state index in [1.807, 2.05) is 23.7 Å². The summed E-state index contributed by atoms with van der Waals surface area (Å²) in [6.45, 7) is 3.29. The summed E-state index contributed by atoms with van der Waals surface area (Å²) in [5, 5.41) is 12.8. The lowest BCUT2D eigenvalue weighted by Crippen LogP contribution is -2.40. The Hall–Kier alpha value is -2.98. The fourth-order valence-corrected chi connectivity index (χ4v) is 4.78. The Bertz CT molecular complexity index is 1040. The molecule has 0 radical (unpaired) electrons. The first-order chi connectivity index (χ1) is 14.7. The van der Waals surface area contributed by atoms with Gasteiger partial charge in [0.2, 0.25) is 0 Å². The van der Waals surface area contributed by atoms with E-state index in [2.05, 4.69) is 35.3 Å². The van der Waals surface area contributed by atoms with E-state index in [0.29, 0.717) is 11.4 Å². The highest BCUT2D eigenvalue weighted by Crippen LogP contribution is 2.29. The van der Waals surface area contributed by atoms with E-state index < -0.39 is 0 Å². The van der Waals surface area contributed by atoms with Crippen molar-refractivity contribution in [3.63, 3.8) is 0 Å². The third-order valence-corrected chi connectivity index (χ3v) is 6.57. The molecule has 4 N–H and O–H groups in total. The Morgan fingerprint density at radius 1 is 1.27 bits per heavy atom. The van der Waals surface area contributed by atoms with Crippen molar-refractivity contribution in [1.82, 2.24) is 20.2 Å². The third kappa shape index (κ3) is 3.75. The number of hydrogen-bond donors (Lipinski definition) is 3. The highest BCUT2D eigenvalue weighted by Gasteiger charge is 2.23. The number of fused-ring (bicyclic) bond motifs is 1. The van der Waals surface area contributed by atoms with Crippen LogP contribution in [-0.2, 0) is 13.0 Å². The number of thiazole rings is 1. The van der Waals surface area contributed by atoms with Crippen LogP contribution >= 0.6 is 11.3 Å². The molecule has 2 aliphatic rings. The van der Waals surface area contributed by atoms with Gasteiger partial charge in [-0.1, -0.05) is 0 Å². The molecule has 0 saturated carbocycles. The van der Waals surface area contributed by atoms with Crippen molar-refractivity contribution in [2.24, 2.45) is 5.73 Å². The van der Waals surface area contributed by atoms with E-state index in [-0.39, 0.29) is 11.9 Å². The summed E-state index contributed by atoms with van der Waals surface area (Å²) in [7, 11) is 0. The molecular weight excluding hydrogens is 400 g/mol. The Labute approximate surface area is 178 Å². The molecule has 0 aliphatic carbocycles. The van der Waals surface area contributed by atoms with E-state index in [1.54, 1.807) is 6.20 Å². The van der Waals surface area contributed by atoms with Crippen LogP contribution in [0.2, 0.25) is 0 Å². The smallest absolute Gasteiger partial charge is 0.275 e. The molecule has 30 heavy (non-hydrogen) atoms. The van der Waals surface area contributed by atoms with Crippen LogP contribution in [0, 0.1) is 0 Å². The van der Waals surface area contributed by atoms with Crippen molar-refractivity contribution >= 4 is 33.9 Å². The van der Waals surface area contributed by atoms with Gasteiger partial charge in [0.25, 0.3) is 5.91 Å². The molecule has 1 amide bonds. The van der Waals surface area contributed by atoms with Crippen molar-refractivity contribution in [3.8, 4) is 0 Å². The first-order valence-corrected chi connectivity index (χ1v) is 11.0. The number of nitrogens with one attached hydrogen (secondary N) is 2. The summed E-state index contributed by atoms with van der Waals surface area (Å²) in [5.41, 5.74) is 9.51. The van der Waals surface area contributed by atoms with Crippen molar-refractivity contribution in [1.29, 1.82) is 0 Å². The number of anilines is 3. The molecule has 3 aromatic heterocycles. The lowest BCUT2D eigenvalue weighted by molar-refractivity contribution is 0.102. The molecule has 0 spiro atoms. The van der Waals surface area contributed by atoms with Gasteiger partial charge in [-0.25, -0.2) is 9.97 Å². The van der Waals surface area contributed by atoms with Crippen LogP contribution in [0.5, 0.6) is 0 Å². The number of H-pyrrole nitrogens is 1. The molecule has 5 rings (SSSR count). The van der Waals surface area contributed by atoms with E-state index >= 15 is 0 Å². The molecule has 2 aliphatic heterocycles. The number of pyridine rings is 1. The zero-order valence-electron chi connectivity index (χ0n) is 16.5. The highest BCUT2D eigenvalue weighted by molar-refractivity contribution is 7.13. The second kappa shape index (κ2) is 8.04.